The molecule has 0 aliphatic carbocycles. The average Bonchev–Trinajstić information content (AvgIpc) is 2.21. The highest BCUT2D eigenvalue weighted by Gasteiger charge is 2.23. The summed E-state index contributed by atoms with van der Waals surface area (Å²) in [4.78, 5) is 24.6. The van der Waals surface area contributed by atoms with Crippen molar-refractivity contribution in [2.75, 3.05) is 26.5 Å². The molecular formula is C11H20ClN2O4-. The van der Waals surface area contributed by atoms with Crippen molar-refractivity contribution in [1.29, 1.82) is 0 Å². The lowest BCUT2D eigenvalue weighted by Gasteiger charge is -2.32. The monoisotopic (exact) mass is 279 g/mol. The smallest absolute Gasteiger partial charge is 0.410 e. The number of nitrogens with zero attached hydrogens (tertiary/aromatic N) is 2. The van der Waals surface area contributed by atoms with Crippen molar-refractivity contribution < 1.29 is 19.4 Å². The van der Waals surface area contributed by atoms with Gasteiger partial charge in [0.1, 0.15) is 11.7 Å². The summed E-state index contributed by atoms with van der Waals surface area (Å²) in [7, 11) is 2.88. The standard InChI is InChI=1S/C11H21ClN2O4/c1-11(2,3)18-10(17)13(4)7-8(6-12)14(5)9(15)16/h8H,6-7H2,1-5H3,(H,15,16)/p-1. The van der Waals surface area contributed by atoms with Crippen molar-refractivity contribution in [3.05, 3.63) is 0 Å². The molecule has 0 saturated heterocycles. The first kappa shape index (κ1) is 16.8. The van der Waals surface area contributed by atoms with E-state index in [0.29, 0.717) is 0 Å². The molecule has 0 radical (unpaired) electrons. The number of carboxylic acid groups (broad SMARTS) is 1. The Morgan fingerprint density at radius 3 is 2.17 bits per heavy atom. The van der Waals surface area contributed by atoms with E-state index in [1.165, 1.54) is 19.0 Å². The second-order valence-electron chi connectivity index (χ2n) is 5.05. The van der Waals surface area contributed by atoms with Gasteiger partial charge in [0.25, 0.3) is 0 Å². The fourth-order valence-electron chi connectivity index (χ4n) is 1.15. The van der Waals surface area contributed by atoms with Crippen LogP contribution in [0.15, 0.2) is 0 Å². The molecule has 6 nitrogen and oxygen atoms in total. The number of carbonyl (C=O) groups excluding carboxylic acids is 2. The van der Waals surface area contributed by atoms with Crippen LogP contribution in [0.1, 0.15) is 20.8 Å². The van der Waals surface area contributed by atoms with E-state index >= 15 is 0 Å². The molecule has 0 aliphatic heterocycles. The third-order valence-electron chi connectivity index (χ3n) is 2.20. The number of hydrogen-bond acceptors (Lipinski definition) is 4. The fraction of sp³-hybridized carbons (Fsp3) is 0.818. The van der Waals surface area contributed by atoms with Gasteiger partial charge in [-0.3, -0.25) is 0 Å². The van der Waals surface area contributed by atoms with Crippen LogP contribution in [0.3, 0.4) is 0 Å². The molecule has 0 aromatic rings. The zero-order valence-corrected chi connectivity index (χ0v) is 12.2. The third kappa shape index (κ3) is 5.95. The summed E-state index contributed by atoms with van der Waals surface area (Å²) in [5.74, 6) is 0.0671. The van der Waals surface area contributed by atoms with Crippen LogP contribution in [0, 0.1) is 0 Å². The minimum absolute atomic E-state index is 0.0671. The summed E-state index contributed by atoms with van der Waals surface area (Å²) in [5, 5.41) is 10.7. The van der Waals surface area contributed by atoms with Crippen molar-refractivity contribution in [2.24, 2.45) is 0 Å². The summed E-state index contributed by atoms with van der Waals surface area (Å²) in [5.41, 5.74) is -0.595. The van der Waals surface area contributed by atoms with Crippen LogP contribution in [-0.2, 0) is 4.74 Å². The maximum atomic E-state index is 11.7. The van der Waals surface area contributed by atoms with E-state index in [1.54, 1.807) is 20.8 Å². The highest BCUT2D eigenvalue weighted by atomic mass is 35.5. The highest BCUT2D eigenvalue weighted by Crippen LogP contribution is 2.10. The molecule has 1 unspecified atom stereocenters. The van der Waals surface area contributed by atoms with Crippen LogP contribution in [0.2, 0.25) is 0 Å². The second kappa shape index (κ2) is 6.68. The van der Waals surface area contributed by atoms with Crippen molar-refractivity contribution >= 4 is 23.8 Å². The van der Waals surface area contributed by atoms with Crippen LogP contribution >= 0.6 is 11.6 Å². The van der Waals surface area contributed by atoms with E-state index in [-0.39, 0.29) is 12.4 Å². The lowest BCUT2D eigenvalue weighted by Crippen LogP contribution is -2.51. The van der Waals surface area contributed by atoms with Gasteiger partial charge in [0.15, 0.2) is 0 Å². The maximum Gasteiger partial charge on any atom is 0.410 e. The number of amides is 2. The normalized spacial score (nSPS) is 12.8. The molecule has 0 spiro atoms. The Kier molecular flexibility index (Phi) is 6.25. The Morgan fingerprint density at radius 2 is 1.83 bits per heavy atom. The zero-order valence-electron chi connectivity index (χ0n) is 11.4. The van der Waals surface area contributed by atoms with Crippen LogP contribution < -0.4 is 5.11 Å². The molecule has 0 heterocycles. The number of carbonyl (C=O) groups is 2. The van der Waals surface area contributed by atoms with Gasteiger partial charge in [0.2, 0.25) is 0 Å². The van der Waals surface area contributed by atoms with Crippen molar-refractivity contribution in [1.82, 2.24) is 9.80 Å². The summed E-state index contributed by atoms with van der Waals surface area (Å²) >= 11 is 5.68. The van der Waals surface area contributed by atoms with Gasteiger partial charge < -0.3 is 24.4 Å². The van der Waals surface area contributed by atoms with Gasteiger partial charge >= 0.3 is 6.09 Å². The van der Waals surface area contributed by atoms with Crippen molar-refractivity contribution in [2.45, 2.75) is 32.4 Å². The van der Waals surface area contributed by atoms with Gasteiger partial charge in [-0.15, -0.1) is 11.6 Å². The minimum atomic E-state index is -1.33. The van der Waals surface area contributed by atoms with Crippen LogP contribution in [0.5, 0.6) is 0 Å². The van der Waals surface area contributed by atoms with Gasteiger partial charge in [-0.2, -0.15) is 0 Å². The van der Waals surface area contributed by atoms with E-state index in [1.807, 2.05) is 0 Å². The predicted molar refractivity (Wildman–Crippen MR) is 66.5 cm³/mol. The van der Waals surface area contributed by atoms with Crippen molar-refractivity contribution in [3.63, 3.8) is 0 Å². The van der Waals surface area contributed by atoms with E-state index in [2.05, 4.69) is 0 Å². The third-order valence-corrected chi connectivity index (χ3v) is 2.56. The number of likely N-dealkylation sites (N-methyl/N-ethyl adjacent to an activating group) is 2. The highest BCUT2D eigenvalue weighted by molar-refractivity contribution is 6.18. The molecule has 0 aromatic carbocycles. The van der Waals surface area contributed by atoms with E-state index in [0.717, 1.165) is 4.90 Å². The van der Waals surface area contributed by atoms with E-state index in [4.69, 9.17) is 16.3 Å². The van der Waals surface area contributed by atoms with Crippen molar-refractivity contribution in [3.8, 4) is 0 Å². The van der Waals surface area contributed by atoms with Gasteiger partial charge in [0, 0.05) is 26.5 Å². The van der Waals surface area contributed by atoms with Gasteiger partial charge in [-0.1, -0.05) is 0 Å². The van der Waals surface area contributed by atoms with Gasteiger partial charge in [-0.25, -0.2) is 4.79 Å². The minimum Gasteiger partial charge on any atom is -0.530 e. The molecule has 7 heteroatoms. The number of alkyl halides is 1. The first-order valence-corrected chi connectivity index (χ1v) is 6.05. The first-order valence-electron chi connectivity index (χ1n) is 5.52. The molecule has 0 aliphatic rings. The summed E-state index contributed by atoms with van der Waals surface area (Å²) in [6, 6.07) is -0.533. The molecule has 1 atom stereocenters. The molecule has 2 amide bonds. The molecule has 0 rings (SSSR count). The molecule has 106 valence electrons. The largest absolute Gasteiger partial charge is 0.530 e. The fourth-order valence-corrected chi connectivity index (χ4v) is 1.46. The van der Waals surface area contributed by atoms with Crippen LogP contribution in [-0.4, -0.2) is 60.1 Å². The predicted octanol–water partition coefficient (Wildman–Crippen LogP) is 0.736. The Labute approximate surface area is 112 Å². The summed E-state index contributed by atoms with van der Waals surface area (Å²) in [6.07, 6.45) is -1.86. The lowest BCUT2D eigenvalue weighted by atomic mass is 10.2. The van der Waals surface area contributed by atoms with Gasteiger partial charge in [-0.05, 0) is 20.8 Å². The summed E-state index contributed by atoms with van der Waals surface area (Å²) in [6.45, 7) is 5.41. The Hall–Kier alpha value is -1.17. The molecule has 18 heavy (non-hydrogen) atoms. The first-order chi connectivity index (χ1) is 8.08. The quantitative estimate of drug-likeness (QED) is 0.712. The topological polar surface area (TPSA) is 72.9 Å². The Bertz CT molecular complexity index is 304. The summed E-state index contributed by atoms with van der Waals surface area (Å²) < 4.78 is 5.15. The van der Waals surface area contributed by atoms with E-state index in [9.17, 15) is 14.7 Å². The number of rotatable bonds is 4. The zero-order chi connectivity index (χ0) is 14.5. The van der Waals surface area contributed by atoms with Crippen LogP contribution in [0.4, 0.5) is 9.59 Å². The Balaban J connectivity index is 4.48. The number of ether oxygens (including phenoxy) is 1. The lowest BCUT2D eigenvalue weighted by molar-refractivity contribution is -0.266. The maximum absolute atomic E-state index is 11.7. The molecule has 0 saturated carbocycles. The molecule has 0 bridgehead atoms. The molecule has 0 aromatic heterocycles. The Morgan fingerprint density at radius 1 is 1.33 bits per heavy atom. The van der Waals surface area contributed by atoms with Gasteiger partial charge in [0.05, 0.1) is 6.04 Å². The molecular weight excluding hydrogens is 260 g/mol. The number of halogens is 1. The van der Waals surface area contributed by atoms with Crippen LogP contribution in [0.25, 0.3) is 0 Å². The number of hydrogen-bond donors (Lipinski definition) is 0. The second-order valence-corrected chi connectivity index (χ2v) is 5.35. The SMILES string of the molecule is CN(CC(CCl)N(C)C(=O)[O-])C(=O)OC(C)(C)C. The average molecular weight is 280 g/mol. The van der Waals surface area contributed by atoms with E-state index < -0.39 is 23.8 Å². The molecule has 0 fully saturated rings. The molecule has 0 N–H and O–H groups in total.